The van der Waals surface area contributed by atoms with E-state index in [2.05, 4.69) is 15.5 Å². The molecule has 0 fully saturated rings. The van der Waals surface area contributed by atoms with E-state index in [0.717, 1.165) is 10.4 Å². The van der Waals surface area contributed by atoms with Crippen LogP contribution < -0.4 is 5.32 Å². The maximum Gasteiger partial charge on any atom is 0.360 e. The van der Waals surface area contributed by atoms with Crippen molar-refractivity contribution in [3.63, 3.8) is 0 Å². The van der Waals surface area contributed by atoms with Gasteiger partial charge in [-0.3, -0.25) is 14.7 Å². The summed E-state index contributed by atoms with van der Waals surface area (Å²) in [6, 6.07) is 10.6. The number of nitrogens with zero attached hydrogens (tertiary/aromatic N) is 1. The van der Waals surface area contributed by atoms with Crippen molar-refractivity contribution in [2.24, 2.45) is 0 Å². The molecule has 1 atom stereocenters. The third-order valence-corrected chi connectivity index (χ3v) is 4.83. The lowest BCUT2D eigenvalue weighted by Gasteiger charge is -2.10. The predicted molar refractivity (Wildman–Crippen MR) is 97.1 cm³/mol. The molecule has 0 aliphatic heterocycles. The number of nitrogens with one attached hydrogen (secondary N) is 2. The number of hydrogen-bond donors (Lipinski definition) is 2. The molecule has 0 aliphatic rings. The number of rotatable bonds is 6. The molecule has 0 bridgehead atoms. The maximum absolute atomic E-state index is 12.5. The van der Waals surface area contributed by atoms with E-state index in [0.29, 0.717) is 16.8 Å². The van der Waals surface area contributed by atoms with E-state index in [4.69, 9.17) is 4.74 Å². The molecule has 2 N–H and O–H groups in total. The Morgan fingerprint density at radius 3 is 2.77 bits per heavy atom. The minimum atomic E-state index is -0.940. The van der Waals surface area contributed by atoms with Crippen LogP contribution in [0.3, 0.4) is 0 Å². The molecule has 0 radical (unpaired) electrons. The Hall–Kier alpha value is -3.00. The zero-order chi connectivity index (χ0) is 18.7. The average molecular weight is 371 g/mol. The number of thiophene rings is 1. The normalized spacial score (nSPS) is 11.9. The van der Waals surface area contributed by atoms with Crippen LogP contribution in [-0.2, 0) is 16.1 Å². The maximum atomic E-state index is 12.5. The van der Waals surface area contributed by atoms with Crippen molar-refractivity contribution in [2.45, 2.75) is 26.5 Å². The highest BCUT2D eigenvalue weighted by atomic mass is 32.1. The van der Waals surface area contributed by atoms with Gasteiger partial charge >= 0.3 is 5.97 Å². The molecule has 2 aromatic heterocycles. The number of hydrogen-bond acceptors (Lipinski definition) is 6. The highest BCUT2D eigenvalue weighted by Gasteiger charge is 2.24. The molecule has 2 heterocycles. The summed E-state index contributed by atoms with van der Waals surface area (Å²) in [7, 11) is 0. The molecule has 134 valence electrons. The van der Waals surface area contributed by atoms with Crippen LogP contribution >= 0.6 is 11.3 Å². The van der Waals surface area contributed by atoms with E-state index in [-0.39, 0.29) is 17.4 Å². The number of aromatic amines is 1. The van der Waals surface area contributed by atoms with Crippen LogP contribution in [0.4, 0.5) is 0 Å². The zero-order valence-corrected chi connectivity index (χ0v) is 15.1. The Morgan fingerprint density at radius 2 is 2.00 bits per heavy atom. The van der Waals surface area contributed by atoms with Gasteiger partial charge in [-0.1, -0.05) is 18.2 Å². The summed E-state index contributed by atoms with van der Waals surface area (Å²) in [5.41, 5.74) is 0.872. The summed E-state index contributed by atoms with van der Waals surface area (Å²) in [4.78, 5) is 37.1. The zero-order valence-electron chi connectivity index (χ0n) is 14.2. The Bertz CT molecular complexity index is 976. The van der Waals surface area contributed by atoms with Crippen molar-refractivity contribution >= 4 is 39.9 Å². The van der Waals surface area contributed by atoms with Gasteiger partial charge < -0.3 is 10.1 Å². The third-order valence-electron chi connectivity index (χ3n) is 3.73. The minimum Gasteiger partial charge on any atom is -0.449 e. The lowest BCUT2D eigenvalue weighted by molar-refractivity contribution is -0.119. The molecule has 7 nitrogen and oxygen atoms in total. The van der Waals surface area contributed by atoms with E-state index >= 15 is 0 Å². The summed E-state index contributed by atoms with van der Waals surface area (Å²) in [5, 5.41) is 10.1. The quantitative estimate of drug-likeness (QED) is 0.512. The molecule has 8 heteroatoms. The first-order valence-corrected chi connectivity index (χ1v) is 8.79. The van der Waals surface area contributed by atoms with Gasteiger partial charge in [-0.2, -0.15) is 5.10 Å². The molecule has 0 aliphatic carbocycles. The van der Waals surface area contributed by atoms with Crippen LogP contribution in [0.2, 0.25) is 0 Å². The summed E-state index contributed by atoms with van der Waals surface area (Å²) < 4.78 is 5.29. The van der Waals surface area contributed by atoms with Crippen LogP contribution in [-0.4, -0.2) is 34.0 Å². The lowest BCUT2D eigenvalue weighted by Crippen LogP contribution is -2.24. The van der Waals surface area contributed by atoms with E-state index < -0.39 is 12.1 Å². The van der Waals surface area contributed by atoms with E-state index in [1.54, 1.807) is 30.3 Å². The van der Waals surface area contributed by atoms with E-state index in [1.807, 2.05) is 6.07 Å². The Kier molecular flexibility index (Phi) is 5.13. The van der Waals surface area contributed by atoms with Gasteiger partial charge in [0.15, 0.2) is 11.8 Å². The first kappa shape index (κ1) is 17.8. The lowest BCUT2D eigenvalue weighted by atomic mass is 10.2. The Labute approximate surface area is 153 Å². The molecule has 3 rings (SSSR count). The number of esters is 1. The van der Waals surface area contributed by atoms with E-state index in [1.165, 1.54) is 25.2 Å². The van der Waals surface area contributed by atoms with Crippen molar-refractivity contribution < 1.29 is 19.1 Å². The van der Waals surface area contributed by atoms with E-state index in [9.17, 15) is 14.4 Å². The molecule has 0 saturated carbocycles. The van der Waals surface area contributed by atoms with Crippen molar-refractivity contribution in [3.8, 4) is 0 Å². The Balaban J connectivity index is 1.67. The fourth-order valence-electron chi connectivity index (χ4n) is 2.41. The second-order valence-electron chi connectivity index (χ2n) is 5.71. The summed E-state index contributed by atoms with van der Waals surface area (Å²) >= 11 is 1.26. The number of para-hydroxylation sites is 1. The monoisotopic (exact) mass is 371 g/mol. The minimum absolute atomic E-state index is 0.139. The van der Waals surface area contributed by atoms with Crippen molar-refractivity contribution in [2.75, 3.05) is 0 Å². The van der Waals surface area contributed by atoms with Gasteiger partial charge in [-0.05, 0) is 25.1 Å². The first-order valence-electron chi connectivity index (χ1n) is 7.97. The number of ketones is 1. The van der Waals surface area contributed by atoms with Crippen LogP contribution in [0.5, 0.6) is 0 Å². The van der Waals surface area contributed by atoms with Crippen LogP contribution in [0.15, 0.2) is 36.4 Å². The van der Waals surface area contributed by atoms with Gasteiger partial charge in [0.05, 0.1) is 16.9 Å². The number of ether oxygens (including phenoxy) is 1. The number of aromatic nitrogens is 2. The summed E-state index contributed by atoms with van der Waals surface area (Å²) in [5.74, 6) is -1.09. The molecule has 0 saturated heterocycles. The summed E-state index contributed by atoms with van der Waals surface area (Å²) in [6.07, 6.45) is -0.940. The molecule has 3 aromatic rings. The average Bonchev–Trinajstić information content (AvgIpc) is 3.26. The number of amides is 1. The SMILES string of the molecule is CC(=O)NCc1ccc(C(=O)[C@H](C)OC(=O)c2n[nH]c3ccccc23)s1. The molecular weight excluding hydrogens is 354 g/mol. The van der Waals surface area contributed by atoms with Gasteiger partial charge in [0.1, 0.15) is 0 Å². The van der Waals surface area contributed by atoms with Crippen LogP contribution in [0.1, 0.15) is 38.9 Å². The molecular formula is C18H17N3O4S. The van der Waals surface area contributed by atoms with Gasteiger partial charge in [-0.25, -0.2) is 4.79 Å². The number of carbonyl (C=O) groups excluding carboxylic acids is 3. The predicted octanol–water partition coefficient (Wildman–Crippen LogP) is 2.69. The van der Waals surface area contributed by atoms with Crippen LogP contribution in [0.25, 0.3) is 10.9 Å². The highest BCUT2D eigenvalue weighted by molar-refractivity contribution is 7.14. The van der Waals surface area contributed by atoms with Gasteiger partial charge in [0.2, 0.25) is 11.7 Å². The molecule has 1 amide bonds. The third kappa shape index (κ3) is 3.80. The van der Waals surface area contributed by atoms with Gasteiger partial charge in [0, 0.05) is 17.2 Å². The van der Waals surface area contributed by atoms with Gasteiger partial charge in [0.25, 0.3) is 0 Å². The number of carbonyl (C=O) groups is 3. The number of Topliss-reactive ketones (excluding diaryl/α,β-unsaturated/α-hetero) is 1. The Morgan fingerprint density at radius 1 is 1.23 bits per heavy atom. The fraction of sp³-hybridized carbons (Fsp3) is 0.222. The first-order chi connectivity index (χ1) is 12.5. The molecule has 0 spiro atoms. The standard InChI is InChI=1S/C18H17N3O4S/c1-10(17(23)15-8-7-12(26-15)9-19-11(2)22)25-18(24)16-13-5-3-4-6-14(13)20-21-16/h3-8,10H,9H2,1-2H3,(H,19,22)(H,20,21)/t10-/m0/s1. The molecule has 0 unspecified atom stereocenters. The highest BCUT2D eigenvalue weighted by Crippen LogP contribution is 2.21. The molecule has 26 heavy (non-hydrogen) atoms. The van der Waals surface area contributed by atoms with Gasteiger partial charge in [-0.15, -0.1) is 11.3 Å². The summed E-state index contributed by atoms with van der Waals surface area (Å²) in [6.45, 7) is 3.32. The van der Waals surface area contributed by atoms with Crippen LogP contribution in [0, 0.1) is 0 Å². The van der Waals surface area contributed by atoms with Crippen molar-refractivity contribution in [3.05, 3.63) is 51.8 Å². The fourth-order valence-corrected chi connectivity index (χ4v) is 3.37. The number of H-pyrrole nitrogens is 1. The topological polar surface area (TPSA) is 101 Å². The smallest absolute Gasteiger partial charge is 0.360 e. The number of benzene rings is 1. The van der Waals surface area contributed by atoms with Crippen molar-refractivity contribution in [1.82, 2.24) is 15.5 Å². The second kappa shape index (κ2) is 7.49. The second-order valence-corrected chi connectivity index (χ2v) is 6.87. The van der Waals surface area contributed by atoms with Crippen molar-refractivity contribution in [1.29, 1.82) is 0 Å². The molecule has 1 aromatic carbocycles. The largest absolute Gasteiger partial charge is 0.449 e. The number of fused-ring (bicyclic) bond motifs is 1.